The second-order valence-electron chi connectivity index (χ2n) is 4.89. The van der Waals surface area contributed by atoms with E-state index >= 15 is 0 Å². The molecule has 6 heteroatoms. The molecular formula is C16H15Br2N3O. The van der Waals surface area contributed by atoms with Crippen LogP contribution in [-0.4, -0.2) is 25.6 Å². The van der Waals surface area contributed by atoms with Crippen LogP contribution in [0, 0.1) is 13.8 Å². The molecule has 3 aromatic rings. The van der Waals surface area contributed by atoms with E-state index in [0.717, 1.165) is 28.4 Å². The molecule has 3 rings (SSSR count). The normalized spacial score (nSPS) is 10.5. The topological polar surface area (TPSA) is 47.8 Å². The first kappa shape index (κ1) is 16.8. The Kier molecular flexibility index (Phi) is 5.13. The van der Waals surface area contributed by atoms with Gasteiger partial charge in [-0.15, -0.1) is 17.0 Å². The summed E-state index contributed by atoms with van der Waals surface area (Å²) in [6, 6.07) is 11.4. The minimum atomic E-state index is 0. The third-order valence-electron chi connectivity index (χ3n) is 3.38. The van der Waals surface area contributed by atoms with Crippen molar-refractivity contribution in [1.29, 1.82) is 0 Å². The van der Waals surface area contributed by atoms with Crippen molar-refractivity contribution in [2.75, 3.05) is 5.33 Å². The molecule has 0 amide bonds. The smallest absolute Gasteiger partial charge is 0.173 e. The summed E-state index contributed by atoms with van der Waals surface area (Å²) in [5.74, 6) is 0.949. The summed E-state index contributed by atoms with van der Waals surface area (Å²) < 4.78 is 2.00. The van der Waals surface area contributed by atoms with Gasteiger partial charge in [-0.25, -0.2) is 9.97 Å². The van der Waals surface area contributed by atoms with Crippen LogP contribution in [0.15, 0.2) is 36.4 Å². The number of aryl methyl sites for hydroxylation is 2. The van der Waals surface area contributed by atoms with Gasteiger partial charge >= 0.3 is 0 Å². The van der Waals surface area contributed by atoms with Crippen molar-refractivity contribution in [3.63, 3.8) is 0 Å². The quantitative estimate of drug-likeness (QED) is 0.467. The molecule has 1 aromatic carbocycles. The number of fused-ring (bicyclic) bond motifs is 1. The van der Waals surface area contributed by atoms with Gasteiger partial charge in [-0.1, -0.05) is 15.9 Å². The Bertz CT molecular complexity index is 825. The number of rotatable bonds is 3. The van der Waals surface area contributed by atoms with Crippen LogP contribution < -0.4 is 0 Å². The van der Waals surface area contributed by atoms with Gasteiger partial charge in [0.2, 0.25) is 0 Å². The Morgan fingerprint density at radius 1 is 1.09 bits per heavy atom. The van der Waals surface area contributed by atoms with E-state index in [-0.39, 0.29) is 22.8 Å². The van der Waals surface area contributed by atoms with E-state index in [4.69, 9.17) is 0 Å². The van der Waals surface area contributed by atoms with Crippen molar-refractivity contribution in [3.8, 4) is 5.69 Å². The average molecular weight is 425 g/mol. The molecule has 0 bridgehead atoms. The summed E-state index contributed by atoms with van der Waals surface area (Å²) in [6.07, 6.45) is 0. The lowest BCUT2D eigenvalue weighted by atomic mass is 10.1. The number of imidazole rings is 1. The van der Waals surface area contributed by atoms with E-state index in [1.54, 1.807) is 0 Å². The molecule has 114 valence electrons. The number of benzene rings is 1. The molecule has 0 aliphatic carbocycles. The zero-order chi connectivity index (χ0) is 15.0. The van der Waals surface area contributed by atoms with Gasteiger partial charge in [-0.3, -0.25) is 9.36 Å². The molecule has 0 unspecified atom stereocenters. The Labute approximate surface area is 147 Å². The van der Waals surface area contributed by atoms with Gasteiger partial charge in [0.15, 0.2) is 11.4 Å². The number of hydrogen-bond acceptors (Lipinski definition) is 3. The van der Waals surface area contributed by atoms with Crippen molar-refractivity contribution in [3.05, 3.63) is 53.5 Å². The molecule has 0 spiro atoms. The fraction of sp³-hybridized carbons (Fsp3) is 0.188. The maximum Gasteiger partial charge on any atom is 0.173 e. The molecule has 22 heavy (non-hydrogen) atoms. The van der Waals surface area contributed by atoms with Crippen LogP contribution in [-0.2, 0) is 0 Å². The molecule has 0 N–H and O–H groups in total. The van der Waals surface area contributed by atoms with Crippen LogP contribution in [0.5, 0.6) is 0 Å². The minimum absolute atomic E-state index is 0. The zero-order valence-corrected chi connectivity index (χ0v) is 15.5. The van der Waals surface area contributed by atoms with E-state index < -0.39 is 0 Å². The number of nitrogens with zero attached hydrogens (tertiary/aromatic N) is 3. The van der Waals surface area contributed by atoms with Crippen molar-refractivity contribution in [1.82, 2.24) is 14.5 Å². The SMILES string of the molecule is Br.Cc1ccc2nc(C)n(-c3ccc(C(=O)CBr)cc3)c2n1. The van der Waals surface area contributed by atoms with Gasteiger partial charge in [0.05, 0.1) is 5.33 Å². The van der Waals surface area contributed by atoms with Crippen LogP contribution in [0.4, 0.5) is 0 Å². The minimum Gasteiger partial charge on any atom is -0.293 e. The molecule has 0 saturated heterocycles. The second kappa shape index (κ2) is 6.71. The molecule has 4 nitrogen and oxygen atoms in total. The van der Waals surface area contributed by atoms with E-state index in [0.29, 0.717) is 10.9 Å². The Balaban J connectivity index is 0.00000176. The second-order valence-corrected chi connectivity index (χ2v) is 5.45. The van der Waals surface area contributed by atoms with Crippen molar-refractivity contribution in [2.24, 2.45) is 0 Å². The monoisotopic (exact) mass is 423 g/mol. The fourth-order valence-electron chi connectivity index (χ4n) is 2.35. The number of carbonyl (C=O) groups excluding carboxylic acids is 1. The first-order valence-corrected chi connectivity index (χ1v) is 7.74. The number of hydrogen-bond donors (Lipinski definition) is 0. The zero-order valence-electron chi connectivity index (χ0n) is 12.2. The van der Waals surface area contributed by atoms with Gasteiger partial charge in [0.1, 0.15) is 11.3 Å². The Hall–Kier alpha value is -1.53. The van der Waals surface area contributed by atoms with Crippen molar-refractivity contribution >= 4 is 49.9 Å². The predicted octanol–water partition coefficient (Wildman–Crippen LogP) is 4.19. The van der Waals surface area contributed by atoms with E-state index in [9.17, 15) is 4.79 Å². The maximum atomic E-state index is 11.7. The number of halogens is 2. The van der Waals surface area contributed by atoms with Crippen LogP contribution in [0.3, 0.4) is 0 Å². The van der Waals surface area contributed by atoms with Gasteiger partial charge in [-0.05, 0) is 50.2 Å². The lowest BCUT2D eigenvalue weighted by Gasteiger charge is -2.07. The third-order valence-corrected chi connectivity index (χ3v) is 3.89. The van der Waals surface area contributed by atoms with Crippen molar-refractivity contribution < 1.29 is 4.79 Å². The number of aromatic nitrogens is 3. The van der Waals surface area contributed by atoms with Crippen molar-refractivity contribution in [2.45, 2.75) is 13.8 Å². The fourth-order valence-corrected chi connectivity index (χ4v) is 2.67. The van der Waals surface area contributed by atoms with Crippen LogP contribution in [0.1, 0.15) is 21.9 Å². The summed E-state index contributed by atoms with van der Waals surface area (Å²) in [6.45, 7) is 3.92. The molecule has 2 aromatic heterocycles. The van der Waals surface area contributed by atoms with E-state index in [2.05, 4.69) is 25.9 Å². The largest absolute Gasteiger partial charge is 0.293 e. The van der Waals surface area contributed by atoms with Gasteiger partial charge in [0.25, 0.3) is 0 Å². The highest BCUT2D eigenvalue weighted by atomic mass is 79.9. The molecule has 0 aliphatic heterocycles. The summed E-state index contributed by atoms with van der Waals surface area (Å²) in [5, 5.41) is 0.333. The highest BCUT2D eigenvalue weighted by Crippen LogP contribution is 2.20. The molecular weight excluding hydrogens is 410 g/mol. The molecule has 2 heterocycles. The summed E-state index contributed by atoms with van der Waals surface area (Å²) >= 11 is 3.19. The predicted molar refractivity (Wildman–Crippen MR) is 96.8 cm³/mol. The summed E-state index contributed by atoms with van der Waals surface area (Å²) in [5.41, 5.74) is 4.32. The van der Waals surface area contributed by atoms with Crippen LogP contribution in [0.25, 0.3) is 16.9 Å². The van der Waals surface area contributed by atoms with Crippen LogP contribution >= 0.6 is 32.9 Å². The van der Waals surface area contributed by atoms with E-state index in [1.807, 2.05) is 54.8 Å². The molecule has 0 fully saturated rings. The first-order valence-electron chi connectivity index (χ1n) is 6.62. The van der Waals surface area contributed by atoms with Gasteiger partial charge < -0.3 is 0 Å². The Morgan fingerprint density at radius 2 is 1.77 bits per heavy atom. The number of carbonyl (C=O) groups is 1. The van der Waals surface area contributed by atoms with Crippen LogP contribution in [0.2, 0.25) is 0 Å². The molecule has 0 radical (unpaired) electrons. The lowest BCUT2D eigenvalue weighted by molar-refractivity contribution is 0.102. The molecule has 0 aliphatic rings. The summed E-state index contributed by atoms with van der Waals surface area (Å²) in [7, 11) is 0. The van der Waals surface area contributed by atoms with E-state index in [1.165, 1.54) is 0 Å². The third kappa shape index (κ3) is 2.98. The first-order chi connectivity index (χ1) is 10.1. The molecule has 0 saturated carbocycles. The highest BCUT2D eigenvalue weighted by Gasteiger charge is 2.11. The summed E-state index contributed by atoms with van der Waals surface area (Å²) in [4.78, 5) is 20.8. The number of alkyl halides is 1. The number of Topliss-reactive ketones (excluding diaryl/α,β-unsaturated/α-hetero) is 1. The van der Waals surface area contributed by atoms with Gasteiger partial charge in [-0.2, -0.15) is 0 Å². The standard InChI is InChI=1S/C16H14BrN3O.BrH/c1-10-3-8-14-16(18-10)20(11(2)19-14)13-6-4-12(5-7-13)15(21)9-17;/h3-8H,9H2,1-2H3;1H. The number of pyridine rings is 1. The average Bonchev–Trinajstić information content (AvgIpc) is 2.82. The number of ketones is 1. The van der Waals surface area contributed by atoms with Gasteiger partial charge in [0, 0.05) is 16.9 Å². The maximum absolute atomic E-state index is 11.7. The lowest BCUT2D eigenvalue weighted by Crippen LogP contribution is -2.02. The Morgan fingerprint density at radius 3 is 2.41 bits per heavy atom. The molecule has 0 atom stereocenters. The highest BCUT2D eigenvalue weighted by molar-refractivity contribution is 9.09.